The number of ether oxygens (including phenoxy) is 1. The van der Waals surface area contributed by atoms with E-state index in [4.69, 9.17) is 14.7 Å². The Bertz CT molecular complexity index is 1400. The molecule has 1 aliphatic heterocycles. The first-order valence-corrected chi connectivity index (χ1v) is 14.9. The molecule has 0 spiro atoms. The monoisotopic (exact) mass is 581 g/mol. The zero-order chi connectivity index (χ0) is 29.6. The van der Waals surface area contributed by atoms with Gasteiger partial charge in [0.2, 0.25) is 5.95 Å². The Labute approximate surface area is 246 Å². The van der Waals surface area contributed by atoms with Crippen molar-refractivity contribution in [3.8, 4) is 17.7 Å². The van der Waals surface area contributed by atoms with Gasteiger partial charge in [0.15, 0.2) is 5.82 Å². The molecule has 2 aliphatic rings. The molecular formula is C31H41F2N7O2. The standard InChI is InChI=1S/C31H41F2N7O2/c1-4-5-14-38(21(2)19-41)24-12-10-23(11-13-24)18-34-31-36-27(39-15-16-42-20-22(39)3)17-28(37-31)40-26-9-7-6-8-25(26)35-30(40)29(32)33/h6-9,17,21-24,29,41H,10-16,18-20H2,1-3H3,(H,34,36,37)/t21?,22-,23?,24?/m1/s1. The highest BCUT2D eigenvalue weighted by molar-refractivity contribution is 5.78. The number of alkyl halides is 2. The Balaban J connectivity index is 1.38. The molecule has 1 saturated carbocycles. The first-order chi connectivity index (χ1) is 20.4. The van der Waals surface area contributed by atoms with E-state index in [-0.39, 0.29) is 24.5 Å². The van der Waals surface area contributed by atoms with Crippen molar-refractivity contribution >= 4 is 22.8 Å². The number of benzene rings is 1. The second-order valence-electron chi connectivity index (χ2n) is 11.3. The number of fused-ring (bicyclic) bond motifs is 1. The lowest BCUT2D eigenvalue weighted by atomic mass is 9.85. The van der Waals surface area contributed by atoms with Crippen LogP contribution in [-0.4, -0.2) is 87.1 Å². The molecule has 0 bridgehead atoms. The third kappa shape index (κ3) is 6.66. The van der Waals surface area contributed by atoms with Gasteiger partial charge in [0.1, 0.15) is 11.6 Å². The van der Waals surface area contributed by atoms with Gasteiger partial charge in [0.05, 0.1) is 43.4 Å². The number of nitrogens with one attached hydrogen (secondary N) is 1. The van der Waals surface area contributed by atoms with Crippen molar-refractivity contribution in [2.75, 3.05) is 49.7 Å². The molecule has 3 aromatic rings. The molecule has 1 aliphatic carbocycles. The number of morpholine rings is 1. The van der Waals surface area contributed by atoms with Crippen LogP contribution in [-0.2, 0) is 4.74 Å². The van der Waals surface area contributed by atoms with E-state index in [0.29, 0.717) is 73.4 Å². The van der Waals surface area contributed by atoms with E-state index in [2.05, 4.69) is 38.9 Å². The first-order valence-electron chi connectivity index (χ1n) is 14.9. The fraction of sp³-hybridized carbons (Fsp3) is 0.581. The summed E-state index contributed by atoms with van der Waals surface area (Å²) in [6, 6.07) is 9.44. The van der Waals surface area contributed by atoms with Gasteiger partial charge < -0.3 is 20.1 Å². The molecule has 0 amide bonds. The lowest BCUT2D eigenvalue weighted by Crippen LogP contribution is -2.45. The van der Waals surface area contributed by atoms with Crippen molar-refractivity contribution < 1.29 is 18.6 Å². The topological polar surface area (TPSA) is 91.6 Å². The predicted octanol–water partition coefficient (Wildman–Crippen LogP) is 4.66. The molecule has 9 nitrogen and oxygen atoms in total. The summed E-state index contributed by atoms with van der Waals surface area (Å²) in [5.41, 5.74) is 1.07. The minimum atomic E-state index is -2.76. The number of anilines is 2. The van der Waals surface area contributed by atoms with Crippen LogP contribution in [0.25, 0.3) is 16.9 Å². The normalized spacial score (nSPS) is 21.9. The second kappa shape index (κ2) is 13.8. The number of hydrogen-bond acceptors (Lipinski definition) is 8. The number of rotatable bonds is 10. The van der Waals surface area contributed by atoms with E-state index < -0.39 is 6.43 Å². The SMILES string of the molecule is CC#CCN(C(C)CO)C1CCC(CNc2nc(N3CCOC[C@H]3C)cc(-n3c(C(F)F)nc4ccccc43)n2)CC1. The summed E-state index contributed by atoms with van der Waals surface area (Å²) in [5.74, 6) is 7.67. The quantitative estimate of drug-likeness (QED) is 0.335. The van der Waals surface area contributed by atoms with E-state index >= 15 is 0 Å². The largest absolute Gasteiger partial charge is 0.395 e. The lowest BCUT2D eigenvalue weighted by molar-refractivity contribution is 0.0785. The maximum absolute atomic E-state index is 14.2. The summed E-state index contributed by atoms with van der Waals surface area (Å²) in [7, 11) is 0. The van der Waals surface area contributed by atoms with Crippen LogP contribution in [0.5, 0.6) is 0 Å². The van der Waals surface area contributed by atoms with Gasteiger partial charge in [-0.15, -0.1) is 5.92 Å². The maximum atomic E-state index is 14.2. The third-order valence-electron chi connectivity index (χ3n) is 8.47. The van der Waals surface area contributed by atoms with Gasteiger partial charge in [-0.25, -0.2) is 13.8 Å². The number of halogens is 2. The molecule has 1 unspecified atom stereocenters. The molecule has 226 valence electrons. The van der Waals surface area contributed by atoms with Crippen molar-refractivity contribution in [3.05, 3.63) is 36.2 Å². The molecule has 2 aromatic heterocycles. The van der Waals surface area contributed by atoms with Crippen LogP contribution < -0.4 is 10.2 Å². The van der Waals surface area contributed by atoms with Crippen molar-refractivity contribution in [1.29, 1.82) is 0 Å². The molecule has 3 heterocycles. The van der Waals surface area contributed by atoms with Crippen LogP contribution in [0.2, 0.25) is 0 Å². The van der Waals surface area contributed by atoms with Gasteiger partial charge in [0.25, 0.3) is 6.43 Å². The molecule has 1 aromatic carbocycles. The van der Waals surface area contributed by atoms with Crippen LogP contribution in [0.3, 0.4) is 0 Å². The highest BCUT2D eigenvalue weighted by Gasteiger charge is 2.29. The smallest absolute Gasteiger partial charge is 0.296 e. The summed E-state index contributed by atoms with van der Waals surface area (Å²) in [6.07, 6.45) is 1.35. The number of aliphatic hydroxyl groups is 1. The van der Waals surface area contributed by atoms with E-state index in [0.717, 1.165) is 25.7 Å². The first kappa shape index (κ1) is 30.1. The molecule has 2 N–H and O–H groups in total. The van der Waals surface area contributed by atoms with Crippen LogP contribution in [0.1, 0.15) is 58.7 Å². The van der Waals surface area contributed by atoms with E-state index in [1.807, 2.05) is 19.9 Å². The predicted molar refractivity (Wildman–Crippen MR) is 160 cm³/mol. The van der Waals surface area contributed by atoms with Gasteiger partial charge >= 0.3 is 0 Å². The molecule has 2 atom stereocenters. The van der Waals surface area contributed by atoms with Gasteiger partial charge in [-0.05, 0) is 64.5 Å². The number of aliphatic hydroxyl groups excluding tert-OH is 1. The van der Waals surface area contributed by atoms with Gasteiger partial charge in [-0.1, -0.05) is 18.1 Å². The molecule has 11 heteroatoms. The van der Waals surface area contributed by atoms with E-state index in [1.165, 1.54) is 4.57 Å². The van der Waals surface area contributed by atoms with Crippen molar-refractivity contribution in [2.45, 2.75) is 71.0 Å². The van der Waals surface area contributed by atoms with Crippen molar-refractivity contribution in [1.82, 2.24) is 24.4 Å². The number of para-hydroxylation sites is 2. The van der Waals surface area contributed by atoms with Crippen LogP contribution in [0.15, 0.2) is 30.3 Å². The highest BCUT2D eigenvalue weighted by Crippen LogP contribution is 2.31. The second-order valence-corrected chi connectivity index (χ2v) is 11.3. The van der Waals surface area contributed by atoms with Crippen molar-refractivity contribution in [2.24, 2.45) is 5.92 Å². The average Bonchev–Trinajstić information content (AvgIpc) is 3.41. The third-order valence-corrected chi connectivity index (χ3v) is 8.47. The zero-order valence-corrected chi connectivity index (χ0v) is 24.6. The summed E-state index contributed by atoms with van der Waals surface area (Å²) in [5, 5.41) is 13.2. The Kier molecular flexibility index (Phi) is 9.88. The molecule has 1 saturated heterocycles. The van der Waals surface area contributed by atoms with Crippen LogP contribution in [0.4, 0.5) is 20.5 Å². The summed E-state index contributed by atoms with van der Waals surface area (Å²) in [6.45, 7) is 9.21. The molecular weight excluding hydrogens is 540 g/mol. The number of nitrogens with zero attached hydrogens (tertiary/aromatic N) is 6. The number of hydrogen-bond donors (Lipinski definition) is 2. The molecule has 2 fully saturated rings. The van der Waals surface area contributed by atoms with Gasteiger partial charge in [-0.2, -0.15) is 9.97 Å². The Morgan fingerprint density at radius 3 is 2.62 bits per heavy atom. The molecule has 5 rings (SSSR count). The fourth-order valence-corrected chi connectivity index (χ4v) is 6.10. The Morgan fingerprint density at radius 2 is 1.90 bits per heavy atom. The van der Waals surface area contributed by atoms with E-state index in [1.54, 1.807) is 24.3 Å². The van der Waals surface area contributed by atoms with Gasteiger partial charge in [0, 0.05) is 31.2 Å². The minimum absolute atomic E-state index is 0.0695. The molecule has 42 heavy (non-hydrogen) atoms. The number of aromatic nitrogens is 4. The highest BCUT2D eigenvalue weighted by atomic mass is 19.3. The van der Waals surface area contributed by atoms with Gasteiger partial charge in [-0.3, -0.25) is 9.47 Å². The fourth-order valence-electron chi connectivity index (χ4n) is 6.10. The maximum Gasteiger partial charge on any atom is 0.296 e. The Morgan fingerprint density at radius 1 is 1.14 bits per heavy atom. The zero-order valence-electron chi connectivity index (χ0n) is 24.6. The summed E-state index contributed by atoms with van der Waals surface area (Å²) in [4.78, 5) is 18.3. The summed E-state index contributed by atoms with van der Waals surface area (Å²) < 4.78 is 35.5. The Hall–Kier alpha value is -3.33. The average molecular weight is 582 g/mol. The lowest BCUT2D eigenvalue weighted by Gasteiger charge is -2.39. The van der Waals surface area contributed by atoms with Crippen LogP contribution >= 0.6 is 0 Å². The number of imidazole rings is 1. The molecule has 0 radical (unpaired) electrons. The van der Waals surface area contributed by atoms with Crippen LogP contribution in [0, 0.1) is 17.8 Å². The summed E-state index contributed by atoms with van der Waals surface area (Å²) >= 11 is 0. The van der Waals surface area contributed by atoms with E-state index in [9.17, 15) is 13.9 Å². The minimum Gasteiger partial charge on any atom is -0.395 e. The van der Waals surface area contributed by atoms with Crippen molar-refractivity contribution in [3.63, 3.8) is 0 Å².